The summed E-state index contributed by atoms with van der Waals surface area (Å²) in [4.78, 5) is 5.81. The fourth-order valence-electron chi connectivity index (χ4n) is 3.64. The van der Waals surface area contributed by atoms with Crippen LogP contribution in [-0.4, -0.2) is 41.8 Å². The van der Waals surface area contributed by atoms with Crippen molar-refractivity contribution in [2.24, 2.45) is 0 Å². The van der Waals surface area contributed by atoms with Gasteiger partial charge in [-0.1, -0.05) is 6.07 Å². The number of morpholine rings is 1. The molecular formula is C22H25N2O4S+. The van der Waals surface area contributed by atoms with Crippen LogP contribution in [0.5, 0.6) is 5.75 Å². The van der Waals surface area contributed by atoms with Crippen molar-refractivity contribution >= 4 is 26.4 Å². The summed E-state index contributed by atoms with van der Waals surface area (Å²) in [6.07, 6.45) is 1.60. The minimum absolute atomic E-state index is 0.267. The molecule has 0 radical (unpaired) electrons. The van der Waals surface area contributed by atoms with Gasteiger partial charge in [0, 0.05) is 19.2 Å². The van der Waals surface area contributed by atoms with Crippen molar-refractivity contribution in [2.45, 2.75) is 23.6 Å². The van der Waals surface area contributed by atoms with E-state index in [4.69, 9.17) is 9.47 Å². The Labute approximate surface area is 171 Å². The fourth-order valence-corrected chi connectivity index (χ4v) is 5.18. The van der Waals surface area contributed by atoms with E-state index in [0.717, 1.165) is 22.0 Å². The summed E-state index contributed by atoms with van der Waals surface area (Å²) in [5, 5.41) is 0.816. The Balaban J connectivity index is 1.98. The summed E-state index contributed by atoms with van der Waals surface area (Å²) in [7, 11) is -2.12. The van der Waals surface area contributed by atoms with Crippen LogP contribution in [0, 0.1) is 13.8 Å². The van der Waals surface area contributed by atoms with Crippen LogP contribution in [0.15, 0.2) is 52.4 Å². The van der Waals surface area contributed by atoms with Crippen molar-refractivity contribution < 1.29 is 22.9 Å². The summed E-state index contributed by atoms with van der Waals surface area (Å²) in [6, 6.07) is 10.9. The highest BCUT2D eigenvalue weighted by molar-refractivity contribution is 7.91. The number of hydrogen-bond acceptors (Lipinski definition) is 5. The summed E-state index contributed by atoms with van der Waals surface area (Å²) < 4.78 is 38.2. The van der Waals surface area contributed by atoms with E-state index >= 15 is 0 Å². The number of ether oxygens (including phenoxy) is 2. The van der Waals surface area contributed by atoms with Gasteiger partial charge in [-0.15, -0.1) is 0 Å². The zero-order valence-corrected chi connectivity index (χ0v) is 17.7. The molecule has 6 nitrogen and oxygen atoms in total. The van der Waals surface area contributed by atoms with Gasteiger partial charge >= 0.3 is 0 Å². The molecule has 0 amide bonds. The first-order valence-corrected chi connectivity index (χ1v) is 11.1. The molecule has 2 heterocycles. The molecule has 1 fully saturated rings. The number of sulfone groups is 1. The van der Waals surface area contributed by atoms with E-state index in [-0.39, 0.29) is 4.90 Å². The second-order valence-electron chi connectivity index (χ2n) is 7.26. The molecule has 0 saturated carbocycles. The van der Waals surface area contributed by atoms with Gasteiger partial charge in [-0.05, 0) is 49.2 Å². The van der Waals surface area contributed by atoms with E-state index in [1.165, 1.54) is 0 Å². The minimum atomic E-state index is -3.72. The van der Waals surface area contributed by atoms with Crippen LogP contribution in [-0.2, 0) is 14.6 Å². The SMILES string of the molecule is COc1ccc2[nH+]cc(S(=O)(=O)c3ccc(C)c(C)c3)c(N3CCOCC3)c2c1. The van der Waals surface area contributed by atoms with E-state index in [0.29, 0.717) is 42.6 Å². The predicted octanol–water partition coefficient (Wildman–Crippen LogP) is 2.95. The van der Waals surface area contributed by atoms with Crippen molar-refractivity contribution in [3.8, 4) is 5.75 Å². The molecule has 0 atom stereocenters. The van der Waals surface area contributed by atoms with Gasteiger partial charge in [-0.2, -0.15) is 0 Å². The monoisotopic (exact) mass is 413 g/mol. The quantitative estimate of drug-likeness (QED) is 0.658. The Morgan fingerprint density at radius 1 is 1.03 bits per heavy atom. The van der Waals surface area contributed by atoms with Crippen molar-refractivity contribution in [1.29, 1.82) is 0 Å². The van der Waals surface area contributed by atoms with Crippen LogP contribution in [0.3, 0.4) is 0 Å². The topological polar surface area (TPSA) is 70.0 Å². The molecule has 2 aromatic carbocycles. The number of nitrogens with zero attached hydrogens (tertiary/aromatic N) is 1. The molecule has 1 saturated heterocycles. The van der Waals surface area contributed by atoms with Gasteiger partial charge in [0.15, 0.2) is 11.1 Å². The number of methoxy groups -OCH3 is 1. The van der Waals surface area contributed by atoms with Crippen LogP contribution in [0.2, 0.25) is 0 Å². The molecular weight excluding hydrogens is 388 g/mol. The van der Waals surface area contributed by atoms with Crippen molar-refractivity contribution in [2.75, 3.05) is 38.3 Å². The number of rotatable bonds is 4. The maximum atomic E-state index is 13.6. The van der Waals surface area contributed by atoms with E-state index in [2.05, 4.69) is 9.88 Å². The van der Waals surface area contributed by atoms with Crippen LogP contribution >= 0.6 is 0 Å². The smallest absolute Gasteiger partial charge is 0.214 e. The highest BCUT2D eigenvalue weighted by Crippen LogP contribution is 2.36. The van der Waals surface area contributed by atoms with Crippen molar-refractivity contribution in [1.82, 2.24) is 0 Å². The van der Waals surface area contributed by atoms with E-state index in [9.17, 15) is 8.42 Å². The van der Waals surface area contributed by atoms with Gasteiger partial charge in [0.05, 0.1) is 36.3 Å². The van der Waals surface area contributed by atoms with Gasteiger partial charge in [0.1, 0.15) is 5.75 Å². The summed E-state index contributed by atoms with van der Waals surface area (Å²) in [6.45, 7) is 6.29. The molecule has 0 unspecified atom stereocenters. The van der Waals surface area contributed by atoms with Crippen LogP contribution in [0.1, 0.15) is 11.1 Å². The molecule has 1 N–H and O–H groups in total. The second-order valence-corrected chi connectivity index (χ2v) is 9.18. The number of aromatic nitrogens is 1. The van der Waals surface area contributed by atoms with Crippen LogP contribution in [0.4, 0.5) is 5.69 Å². The molecule has 0 bridgehead atoms. The third kappa shape index (κ3) is 3.56. The molecule has 29 heavy (non-hydrogen) atoms. The van der Waals surface area contributed by atoms with E-state index in [1.807, 2.05) is 38.1 Å². The van der Waals surface area contributed by atoms with Crippen molar-refractivity contribution in [3.63, 3.8) is 0 Å². The molecule has 1 aliphatic rings. The number of aromatic amines is 1. The summed E-state index contributed by atoms with van der Waals surface area (Å²) in [5.41, 5.74) is 3.56. The first-order valence-electron chi connectivity index (χ1n) is 9.59. The third-order valence-corrected chi connectivity index (χ3v) is 7.24. The Morgan fingerprint density at radius 2 is 1.79 bits per heavy atom. The first kappa shape index (κ1) is 19.7. The molecule has 1 aromatic heterocycles. The molecule has 3 aromatic rings. The number of hydrogen-bond donors (Lipinski definition) is 0. The molecule has 0 spiro atoms. The summed E-state index contributed by atoms with van der Waals surface area (Å²) >= 11 is 0. The number of anilines is 1. The lowest BCUT2D eigenvalue weighted by Gasteiger charge is -2.30. The van der Waals surface area contributed by atoms with Crippen LogP contribution in [0.25, 0.3) is 10.9 Å². The maximum absolute atomic E-state index is 13.6. The summed E-state index contributed by atoms with van der Waals surface area (Å²) in [5.74, 6) is 0.682. The van der Waals surface area contributed by atoms with E-state index < -0.39 is 9.84 Å². The van der Waals surface area contributed by atoms with E-state index in [1.54, 1.807) is 25.4 Å². The maximum Gasteiger partial charge on any atom is 0.214 e. The average molecular weight is 414 g/mol. The molecule has 0 aliphatic carbocycles. The standard InChI is InChI=1S/C22H24N2O4S/c1-15-4-6-18(12-16(15)2)29(25,26)21-14-23-20-7-5-17(27-3)13-19(20)22(21)24-8-10-28-11-9-24/h4-7,12-14H,8-11H2,1-3H3/p+1. The zero-order chi connectivity index (χ0) is 20.6. The fraction of sp³-hybridized carbons (Fsp3) is 0.318. The lowest BCUT2D eigenvalue weighted by molar-refractivity contribution is -0.347. The Hall–Kier alpha value is -2.64. The first-order chi connectivity index (χ1) is 13.9. The Kier molecular flexibility index (Phi) is 5.19. The minimum Gasteiger partial charge on any atom is -0.497 e. The van der Waals surface area contributed by atoms with Gasteiger partial charge in [0.2, 0.25) is 15.4 Å². The Bertz CT molecular complexity index is 1170. The molecule has 4 rings (SSSR count). The third-order valence-electron chi connectivity index (χ3n) is 5.48. The largest absolute Gasteiger partial charge is 0.497 e. The molecule has 7 heteroatoms. The van der Waals surface area contributed by atoms with Crippen LogP contribution < -0.4 is 14.6 Å². The molecule has 1 aliphatic heterocycles. The molecule has 152 valence electrons. The number of nitrogens with one attached hydrogen (secondary N) is 1. The normalized spacial score (nSPS) is 14.9. The Morgan fingerprint density at radius 3 is 2.48 bits per heavy atom. The number of H-pyrrole nitrogens is 1. The highest BCUT2D eigenvalue weighted by Gasteiger charge is 2.30. The van der Waals surface area contributed by atoms with Gasteiger partial charge in [-0.3, -0.25) is 0 Å². The van der Waals surface area contributed by atoms with Crippen molar-refractivity contribution in [3.05, 3.63) is 53.7 Å². The second kappa shape index (κ2) is 7.65. The predicted molar refractivity (Wildman–Crippen MR) is 111 cm³/mol. The van der Waals surface area contributed by atoms with Gasteiger partial charge in [-0.25, -0.2) is 13.4 Å². The number of fused-ring (bicyclic) bond motifs is 1. The number of benzene rings is 2. The highest BCUT2D eigenvalue weighted by atomic mass is 32.2. The zero-order valence-electron chi connectivity index (χ0n) is 16.9. The van der Waals surface area contributed by atoms with Gasteiger partial charge in [0.25, 0.3) is 0 Å². The number of pyridine rings is 1. The lowest BCUT2D eigenvalue weighted by Crippen LogP contribution is -2.37. The van der Waals surface area contributed by atoms with Gasteiger partial charge < -0.3 is 14.4 Å². The lowest BCUT2D eigenvalue weighted by atomic mass is 10.1. The average Bonchev–Trinajstić information content (AvgIpc) is 2.74. The number of aryl methyl sites for hydroxylation is 2.